The van der Waals surface area contributed by atoms with Crippen LogP contribution in [0.1, 0.15) is 35.0 Å². The number of nitrogens with zero attached hydrogens (tertiary/aromatic N) is 1. The largest absolute Gasteiger partial charge is 0.356 e. The summed E-state index contributed by atoms with van der Waals surface area (Å²) < 4.78 is 0. The molecule has 0 bridgehead atoms. The van der Waals surface area contributed by atoms with Gasteiger partial charge in [0.1, 0.15) is 11.5 Å². The van der Waals surface area contributed by atoms with E-state index < -0.39 is 0 Å². The number of rotatable bonds is 3. The summed E-state index contributed by atoms with van der Waals surface area (Å²) in [4.78, 5) is 21.8. The van der Waals surface area contributed by atoms with Gasteiger partial charge in [0.05, 0.1) is 11.1 Å². The van der Waals surface area contributed by atoms with Gasteiger partial charge in [-0.15, -0.1) is 0 Å². The van der Waals surface area contributed by atoms with Gasteiger partial charge in [0, 0.05) is 18.1 Å². The minimum atomic E-state index is -0.210. The lowest BCUT2D eigenvalue weighted by atomic mass is 10.3. The molecule has 0 aliphatic rings. The standard InChI is InChI=1S/C11H13ClN4O/c1-6-4-14-10(15-6)7(2)16-11(17)9-3-8(12)5-13-9/h3-5,7,13H,1-2H3,(H,14,15)(H,16,17). The molecule has 1 unspecified atom stereocenters. The Hall–Kier alpha value is -1.75. The van der Waals surface area contributed by atoms with Gasteiger partial charge in [-0.05, 0) is 19.9 Å². The van der Waals surface area contributed by atoms with E-state index in [0.29, 0.717) is 10.7 Å². The third-order valence-corrected chi connectivity index (χ3v) is 2.59. The van der Waals surface area contributed by atoms with E-state index in [1.165, 1.54) is 0 Å². The van der Waals surface area contributed by atoms with Crippen molar-refractivity contribution in [3.05, 3.63) is 40.7 Å². The highest BCUT2D eigenvalue weighted by Crippen LogP contribution is 2.12. The maximum Gasteiger partial charge on any atom is 0.268 e. The fraction of sp³-hybridized carbons (Fsp3) is 0.273. The highest BCUT2D eigenvalue weighted by atomic mass is 35.5. The first kappa shape index (κ1) is 11.7. The molecule has 2 heterocycles. The van der Waals surface area contributed by atoms with E-state index >= 15 is 0 Å². The van der Waals surface area contributed by atoms with E-state index in [4.69, 9.17) is 11.6 Å². The minimum Gasteiger partial charge on any atom is -0.356 e. The summed E-state index contributed by atoms with van der Waals surface area (Å²) in [5.41, 5.74) is 1.40. The van der Waals surface area contributed by atoms with Crippen LogP contribution in [-0.4, -0.2) is 20.9 Å². The zero-order valence-electron chi connectivity index (χ0n) is 9.54. The van der Waals surface area contributed by atoms with E-state index in [2.05, 4.69) is 20.3 Å². The monoisotopic (exact) mass is 252 g/mol. The van der Waals surface area contributed by atoms with E-state index in [0.717, 1.165) is 11.5 Å². The van der Waals surface area contributed by atoms with E-state index in [1.54, 1.807) is 18.5 Å². The minimum absolute atomic E-state index is 0.182. The average Bonchev–Trinajstić information content (AvgIpc) is 2.87. The van der Waals surface area contributed by atoms with Crippen LogP contribution in [0, 0.1) is 6.92 Å². The van der Waals surface area contributed by atoms with Gasteiger partial charge in [0.2, 0.25) is 0 Å². The molecule has 0 aliphatic carbocycles. The van der Waals surface area contributed by atoms with E-state index in [9.17, 15) is 4.79 Å². The molecule has 0 spiro atoms. The van der Waals surface area contributed by atoms with Crippen LogP contribution in [0.2, 0.25) is 5.02 Å². The highest BCUT2D eigenvalue weighted by Gasteiger charge is 2.14. The van der Waals surface area contributed by atoms with Gasteiger partial charge in [-0.3, -0.25) is 4.79 Å². The summed E-state index contributed by atoms with van der Waals surface area (Å²) >= 11 is 5.73. The number of halogens is 1. The summed E-state index contributed by atoms with van der Waals surface area (Å²) in [5, 5.41) is 3.33. The molecule has 2 aromatic rings. The van der Waals surface area contributed by atoms with Crippen LogP contribution in [0.25, 0.3) is 0 Å². The van der Waals surface area contributed by atoms with Gasteiger partial charge in [0.15, 0.2) is 0 Å². The summed E-state index contributed by atoms with van der Waals surface area (Å²) in [6.45, 7) is 3.77. The van der Waals surface area contributed by atoms with Gasteiger partial charge in [-0.1, -0.05) is 11.6 Å². The number of carbonyl (C=O) groups excluding carboxylic acids is 1. The quantitative estimate of drug-likeness (QED) is 0.783. The van der Waals surface area contributed by atoms with Gasteiger partial charge < -0.3 is 15.3 Å². The van der Waals surface area contributed by atoms with Crippen LogP contribution >= 0.6 is 11.6 Å². The fourth-order valence-electron chi connectivity index (χ4n) is 1.49. The first-order chi connectivity index (χ1) is 8.06. The Kier molecular flexibility index (Phi) is 3.19. The van der Waals surface area contributed by atoms with Crippen molar-refractivity contribution in [2.45, 2.75) is 19.9 Å². The predicted octanol–water partition coefficient (Wildman–Crippen LogP) is 2.19. The molecule has 1 amide bonds. The summed E-state index contributed by atoms with van der Waals surface area (Å²) in [7, 11) is 0. The molecule has 2 rings (SSSR count). The number of imidazole rings is 1. The van der Waals surface area contributed by atoms with Crippen LogP contribution in [0.4, 0.5) is 0 Å². The van der Waals surface area contributed by atoms with Crippen LogP contribution in [0.3, 0.4) is 0 Å². The number of nitrogens with one attached hydrogen (secondary N) is 3. The molecule has 5 nitrogen and oxygen atoms in total. The summed E-state index contributed by atoms with van der Waals surface area (Å²) in [6.07, 6.45) is 3.29. The molecular formula is C11H13ClN4O. The van der Waals surface area contributed by atoms with Crippen molar-refractivity contribution in [3.8, 4) is 0 Å². The van der Waals surface area contributed by atoms with Crippen molar-refractivity contribution < 1.29 is 4.79 Å². The second kappa shape index (κ2) is 4.63. The molecule has 0 radical (unpaired) electrons. The Labute approximate surface area is 104 Å². The maximum atomic E-state index is 11.8. The van der Waals surface area contributed by atoms with Crippen LogP contribution in [-0.2, 0) is 0 Å². The predicted molar refractivity (Wildman–Crippen MR) is 65.0 cm³/mol. The number of hydrogen-bond acceptors (Lipinski definition) is 2. The SMILES string of the molecule is Cc1cnc(C(C)NC(=O)c2cc(Cl)c[nH]2)[nH]1. The van der Waals surface area contributed by atoms with E-state index in [1.807, 2.05) is 13.8 Å². The lowest BCUT2D eigenvalue weighted by molar-refractivity contribution is 0.0934. The molecule has 0 fully saturated rings. The second-order valence-electron chi connectivity index (χ2n) is 3.88. The highest BCUT2D eigenvalue weighted by molar-refractivity contribution is 6.30. The Morgan fingerprint density at radius 2 is 2.35 bits per heavy atom. The molecule has 6 heteroatoms. The molecule has 0 saturated carbocycles. The van der Waals surface area contributed by atoms with Crippen molar-refractivity contribution in [2.75, 3.05) is 0 Å². The lowest BCUT2D eigenvalue weighted by Crippen LogP contribution is -2.27. The molecule has 3 N–H and O–H groups in total. The topological polar surface area (TPSA) is 73.6 Å². The van der Waals surface area contributed by atoms with Crippen molar-refractivity contribution >= 4 is 17.5 Å². The number of aromatic nitrogens is 3. The molecule has 1 atom stereocenters. The second-order valence-corrected chi connectivity index (χ2v) is 4.31. The number of aromatic amines is 2. The number of aryl methyl sites for hydroxylation is 1. The molecule has 0 saturated heterocycles. The maximum absolute atomic E-state index is 11.8. The smallest absolute Gasteiger partial charge is 0.268 e. The third kappa shape index (κ3) is 2.68. The van der Waals surface area contributed by atoms with Crippen molar-refractivity contribution in [1.29, 1.82) is 0 Å². The zero-order valence-corrected chi connectivity index (χ0v) is 10.3. The molecular weight excluding hydrogens is 240 g/mol. The van der Waals surface area contributed by atoms with Crippen LogP contribution in [0.5, 0.6) is 0 Å². The fourth-order valence-corrected chi connectivity index (χ4v) is 1.66. The van der Waals surface area contributed by atoms with Gasteiger partial charge in [-0.25, -0.2) is 4.98 Å². The Bertz CT molecular complexity index is 531. The zero-order chi connectivity index (χ0) is 12.4. The first-order valence-electron chi connectivity index (χ1n) is 5.22. The number of amides is 1. The van der Waals surface area contributed by atoms with Crippen molar-refractivity contribution in [1.82, 2.24) is 20.3 Å². The summed E-state index contributed by atoms with van der Waals surface area (Å²) in [5.74, 6) is 0.520. The van der Waals surface area contributed by atoms with Gasteiger partial charge in [0.25, 0.3) is 5.91 Å². The lowest BCUT2D eigenvalue weighted by Gasteiger charge is -2.10. The summed E-state index contributed by atoms with van der Waals surface area (Å²) in [6, 6.07) is 1.40. The van der Waals surface area contributed by atoms with Crippen molar-refractivity contribution in [2.24, 2.45) is 0 Å². The van der Waals surface area contributed by atoms with E-state index in [-0.39, 0.29) is 11.9 Å². The third-order valence-electron chi connectivity index (χ3n) is 2.37. The number of hydrogen-bond donors (Lipinski definition) is 3. The Morgan fingerprint density at radius 3 is 2.88 bits per heavy atom. The van der Waals surface area contributed by atoms with Crippen LogP contribution in [0.15, 0.2) is 18.5 Å². The molecule has 0 aromatic carbocycles. The molecule has 90 valence electrons. The average molecular weight is 253 g/mol. The number of carbonyl (C=O) groups is 1. The van der Waals surface area contributed by atoms with Gasteiger partial charge in [-0.2, -0.15) is 0 Å². The van der Waals surface area contributed by atoms with Crippen molar-refractivity contribution in [3.63, 3.8) is 0 Å². The Morgan fingerprint density at radius 1 is 1.59 bits per heavy atom. The number of H-pyrrole nitrogens is 2. The first-order valence-corrected chi connectivity index (χ1v) is 5.60. The Balaban J connectivity index is 2.04. The molecule has 0 aliphatic heterocycles. The van der Waals surface area contributed by atoms with Gasteiger partial charge >= 0.3 is 0 Å². The molecule has 2 aromatic heterocycles. The normalized spacial score (nSPS) is 12.4. The molecule has 17 heavy (non-hydrogen) atoms. The van der Waals surface area contributed by atoms with Crippen LogP contribution < -0.4 is 5.32 Å².